The molecule has 0 aromatic heterocycles. The summed E-state index contributed by atoms with van der Waals surface area (Å²) >= 11 is 0. The fraction of sp³-hybridized carbons (Fsp3) is 0.556. The Labute approximate surface area is 142 Å². The standard InChI is InChI=1S/C18H24N2O4/c1-13-18(22)20(15-5-3-4-6-16(15)24-13)12-9-17(21)19-10-7-14(23-2)8-11-19/h3-6,13-14H,7-12H2,1-2H3. The zero-order valence-corrected chi connectivity index (χ0v) is 14.2. The topological polar surface area (TPSA) is 59.1 Å². The average molecular weight is 332 g/mol. The van der Waals surface area contributed by atoms with E-state index in [4.69, 9.17) is 9.47 Å². The first-order chi connectivity index (χ1) is 11.6. The molecule has 0 saturated carbocycles. The molecule has 2 aliphatic rings. The first-order valence-electron chi connectivity index (χ1n) is 8.47. The van der Waals surface area contributed by atoms with Gasteiger partial charge in [-0.25, -0.2) is 0 Å². The van der Waals surface area contributed by atoms with Gasteiger partial charge in [0.25, 0.3) is 5.91 Å². The van der Waals surface area contributed by atoms with Crippen LogP contribution in [0.2, 0.25) is 0 Å². The van der Waals surface area contributed by atoms with Crippen LogP contribution in [0.5, 0.6) is 5.75 Å². The first-order valence-corrected chi connectivity index (χ1v) is 8.47. The number of methoxy groups -OCH3 is 1. The van der Waals surface area contributed by atoms with Crippen LogP contribution in [0.3, 0.4) is 0 Å². The minimum atomic E-state index is -0.521. The zero-order chi connectivity index (χ0) is 17.1. The molecule has 0 spiro atoms. The lowest BCUT2D eigenvalue weighted by Gasteiger charge is -2.34. The third-order valence-corrected chi connectivity index (χ3v) is 4.75. The van der Waals surface area contributed by atoms with E-state index < -0.39 is 6.10 Å². The average Bonchev–Trinajstić information content (AvgIpc) is 2.62. The van der Waals surface area contributed by atoms with Crippen molar-refractivity contribution < 1.29 is 19.1 Å². The summed E-state index contributed by atoms with van der Waals surface area (Å²) in [5, 5.41) is 0. The Kier molecular flexibility index (Phi) is 5.04. The van der Waals surface area contributed by atoms with Gasteiger partial charge in [-0.15, -0.1) is 0 Å². The Morgan fingerprint density at radius 2 is 2.00 bits per heavy atom. The molecule has 0 radical (unpaired) electrons. The highest BCUT2D eigenvalue weighted by atomic mass is 16.5. The molecule has 2 aliphatic heterocycles. The predicted octanol–water partition coefficient (Wildman–Crippen LogP) is 1.83. The van der Waals surface area contributed by atoms with Crippen molar-refractivity contribution in [3.63, 3.8) is 0 Å². The molecule has 1 atom stereocenters. The molecule has 1 aromatic rings. The van der Waals surface area contributed by atoms with Crippen LogP contribution in [0.4, 0.5) is 5.69 Å². The van der Waals surface area contributed by atoms with Crippen molar-refractivity contribution in [3.8, 4) is 5.75 Å². The molecular formula is C18H24N2O4. The third-order valence-electron chi connectivity index (χ3n) is 4.75. The normalized spacial score (nSPS) is 21.4. The van der Waals surface area contributed by atoms with Crippen molar-refractivity contribution in [1.29, 1.82) is 0 Å². The molecule has 1 saturated heterocycles. The van der Waals surface area contributed by atoms with Gasteiger partial charge in [-0.3, -0.25) is 9.59 Å². The maximum Gasteiger partial charge on any atom is 0.267 e. The summed E-state index contributed by atoms with van der Waals surface area (Å²) in [7, 11) is 1.71. The van der Waals surface area contributed by atoms with Crippen molar-refractivity contribution >= 4 is 17.5 Å². The summed E-state index contributed by atoms with van der Waals surface area (Å²) in [6.07, 6.45) is 1.80. The molecule has 1 fully saturated rings. The third kappa shape index (κ3) is 3.38. The fourth-order valence-corrected chi connectivity index (χ4v) is 3.30. The zero-order valence-electron chi connectivity index (χ0n) is 14.2. The number of fused-ring (bicyclic) bond motifs is 1. The van der Waals surface area contributed by atoms with Crippen molar-refractivity contribution in [1.82, 2.24) is 4.90 Å². The lowest BCUT2D eigenvalue weighted by atomic mass is 10.1. The van der Waals surface area contributed by atoms with Gasteiger partial charge >= 0.3 is 0 Å². The van der Waals surface area contributed by atoms with E-state index in [-0.39, 0.29) is 17.9 Å². The maximum absolute atomic E-state index is 12.5. The van der Waals surface area contributed by atoms with E-state index in [1.807, 2.05) is 29.2 Å². The number of para-hydroxylation sites is 2. The fourth-order valence-electron chi connectivity index (χ4n) is 3.30. The Bertz CT molecular complexity index is 611. The predicted molar refractivity (Wildman–Crippen MR) is 90.1 cm³/mol. The van der Waals surface area contributed by atoms with Gasteiger partial charge < -0.3 is 19.3 Å². The molecule has 2 heterocycles. The Morgan fingerprint density at radius 3 is 2.71 bits per heavy atom. The summed E-state index contributed by atoms with van der Waals surface area (Å²) < 4.78 is 11.0. The summed E-state index contributed by atoms with van der Waals surface area (Å²) in [4.78, 5) is 28.4. The second kappa shape index (κ2) is 7.21. The summed E-state index contributed by atoms with van der Waals surface area (Å²) in [6.45, 7) is 3.57. The number of ether oxygens (including phenoxy) is 2. The number of hydrogen-bond donors (Lipinski definition) is 0. The van der Waals surface area contributed by atoms with Crippen molar-refractivity contribution in [2.24, 2.45) is 0 Å². The minimum Gasteiger partial charge on any atom is -0.479 e. The van der Waals surface area contributed by atoms with Crippen LogP contribution < -0.4 is 9.64 Å². The number of piperidine rings is 1. The second-order valence-corrected chi connectivity index (χ2v) is 6.28. The van der Waals surface area contributed by atoms with Gasteiger partial charge in [0, 0.05) is 33.2 Å². The van der Waals surface area contributed by atoms with Crippen LogP contribution in [0.25, 0.3) is 0 Å². The Morgan fingerprint density at radius 1 is 1.29 bits per heavy atom. The van der Waals surface area contributed by atoms with Crippen LogP contribution >= 0.6 is 0 Å². The van der Waals surface area contributed by atoms with E-state index in [9.17, 15) is 9.59 Å². The van der Waals surface area contributed by atoms with Crippen molar-refractivity contribution in [3.05, 3.63) is 24.3 Å². The van der Waals surface area contributed by atoms with Crippen molar-refractivity contribution in [2.45, 2.75) is 38.4 Å². The summed E-state index contributed by atoms with van der Waals surface area (Å²) in [5.41, 5.74) is 0.742. The monoisotopic (exact) mass is 332 g/mol. The SMILES string of the molecule is COC1CCN(C(=O)CCN2C(=O)C(C)Oc3ccccc32)CC1. The van der Waals surface area contributed by atoms with E-state index in [1.165, 1.54) is 0 Å². The van der Waals surface area contributed by atoms with Gasteiger partial charge in [0.2, 0.25) is 5.91 Å². The molecule has 0 aliphatic carbocycles. The highest BCUT2D eigenvalue weighted by molar-refractivity contribution is 6.00. The number of carbonyl (C=O) groups excluding carboxylic acids is 2. The van der Waals surface area contributed by atoms with E-state index in [2.05, 4.69) is 0 Å². The molecule has 6 heteroatoms. The number of benzene rings is 1. The number of likely N-dealkylation sites (tertiary alicyclic amines) is 1. The molecule has 0 bridgehead atoms. The van der Waals surface area contributed by atoms with E-state index in [1.54, 1.807) is 18.9 Å². The van der Waals surface area contributed by atoms with Gasteiger partial charge in [0.05, 0.1) is 11.8 Å². The van der Waals surface area contributed by atoms with Gasteiger partial charge in [-0.2, -0.15) is 0 Å². The Balaban J connectivity index is 1.62. The van der Waals surface area contributed by atoms with Crippen molar-refractivity contribution in [2.75, 3.05) is 31.6 Å². The second-order valence-electron chi connectivity index (χ2n) is 6.28. The van der Waals surface area contributed by atoms with Gasteiger partial charge in [-0.1, -0.05) is 12.1 Å². The molecule has 24 heavy (non-hydrogen) atoms. The number of nitrogens with zero attached hydrogens (tertiary/aromatic N) is 2. The smallest absolute Gasteiger partial charge is 0.267 e. The largest absolute Gasteiger partial charge is 0.479 e. The van der Waals surface area contributed by atoms with Crippen LogP contribution in [0.15, 0.2) is 24.3 Å². The number of amides is 2. The molecule has 1 unspecified atom stereocenters. The molecule has 3 rings (SSSR count). The van der Waals surface area contributed by atoms with Crippen LogP contribution in [0, 0.1) is 0 Å². The molecule has 1 aromatic carbocycles. The number of carbonyl (C=O) groups is 2. The number of hydrogen-bond acceptors (Lipinski definition) is 4. The number of rotatable bonds is 4. The van der Waals surface area contributed by atoms with E-state index >= 15 is 0 Å². The number of anilines is 1. The molecule has 2 amide bonds. The first kappa shape index (κ1) is 16.8. The molecular weight excluding hydrogens is 308 g/mol. The molecule has 6 nitrogen and oxygen atoms in total. The van der Waals surface area contributed by atoms with Gasteiger partial charge in [0.1, 0.15) is 5.75 Å². The van der Waals surface area contributed by atoms with Gasteiger partial charge in [-0.05, 0) is 31.9 Å². The lowest BCUT2D eigenvalue weighted by Crippen LogP contribution is -2.47. The van der Waals surface area contributed by atoms with Crippen LogP contribution in [-0.4, -0.2) is 55.7 Å². The van der Waals surface area contributed by atoms with E-state index in [0.29, 0.717) is 18.7 Å². The highest BCUT2D eigenvalue weighted by Gasteiger charge is 2.32. The summed E-state index contributed by atoms with van der Waals surface area (Å²) in [5.74, 6) is 0.687. The lowest BCUT2D eigenvalue weighted by molar-refractivity contribution is -0.133. The van der Waals surface area contributed by atoms with E-state index in [0.717, 1.165) is 31.6 Å². The quantitative estimate of drug-likeness (QED) is 0.844. The molecule has 0 N–H and O–H groups in total. The highest BCUT2D eigenvalue weighted by Crippen LogP contribution is 2.33. The maximum atomic E-state index is 12.5. The molecule has 130 valence electrons. The Hall–Kier alpha value is -2.08. The minimum absolute atomic E-state index is 0.0916. The van der Waals surface area contributed by atoms with Crippen LogP contribution in [0.1, 0.15) is 26.2 Å². The van der Waals surface area contributed by atoms with Gasteiger partial charge in [0.15, 0.2) is 6.10 Å². The van der Waals surface area contributed by atoms with Crippen LogP contribution in [-0.2, 0) is 14.3 Å². The summed E-state index contributed by atoms with van der Waals surface area (Å²) in [6, 6.07) is 7.46.